The van der Waals surface area contributed by atoms with Crippen molar-refractivity contribution in [3.8, 4) is 16.9 Å². The number of nitrogens with one attached hydrogen (secondary N) is 2. The minimum atomic E-state index is -0.922. The Balaban J connectivity index is 2.02. The highest BCUT2D eigenvalue weighted by Gasteiger charge is 2.42. The molecule has 1 atom stereocenters. The van der Waals surface area contributed by atoms with Crippen molar-refractivity contribution >= 4 is 11.4 Å². The van der Waals surface area contributed by atoms with Crippen LogP contribution in [0, 0.1) is 10.1 Å². The lowest BCUT2D eigenvalue weighted by Crippen LogP contribution is -2.50. The summed E-state index contributed by atoms with van der Waals surface area (Å²) >= 11 is 0. The van der Waals surface area contributed by atoms with Crippen LogP contribution in [0.25, 0.3) is 11.1 Å². The van der Waals surface area contributed by atoms with E-state index >= 15 is 0 Å². The van der Waals surface area contributed by atoms with Gasteiger partial charge in [0, 0.05) is 32.9 Å². The smallest absolute Gasteiger partial charge is 0.288 e. The van der Waals surface area contributed by atoms with Crippen LogP contribution < -0.4 is 20.4 Å². The second kappa shape index (κ2) is 9.36. The minimum absolute atomic E-state index is 0.386. The summed E-state index contributed by atoms with van der Waals surface area (Å²) in [7, 11) is 3.18. The van der Waals surface area contributed by atoms with Crippen molar-refractivity contribution in [3.63, 3.8) is 0 Å². The fraction of sp³-hybridized carbons (Fsp3) is 0.368. The molecule has 2 aromatic rings. The van der Waals surface area contributed by atoms with Gasteiger partial charge < -0.3 is 19.5 Å². The van der Waals surface area contributed by atoms with Crippen LogP contribution in [0.15, 0.2) is 42.5 Å². The standard InChI is InChI=1S/C19H24N4O5/c1-26-12-10-20-17-15(14-6-4-3-5-7-14)8-9-16-18(17)22(23(24)25)19(28-16)21-11-13-27-2/h3-9,19-21H,10-13H2,1-2H3. The van der Waals surface area contributed by atoms with E-state index in [4.69, 9.17) is 14.2 Å². The number of hydrogen-bond donors (Lipinski definition) is 2. The van der Waals surface area contributed by atoms with Crippen molar-refractivity contribution in [1.29, 1.82) is 0 Å². The number of benzene rings is 2. The van der Waals surface area contributed by atoms with Crippen LogP contribution in [0.4, 0.5) is 11.4 Å². The molecule has 0 aromatic heterocycles. The van der Waals surface area contributed by atoms with Gasteiger partial charge in [-0.15, -0.1) is 0 Å². The molecule has 0 bridgehead atoms. The second-order valence-electron chi connectivity index (χ2n) is 6.12. The topological polar surface area (TPSA) is 98.1 Å². The summed E-state index contributed by atoms with van der Waals surface area (Å²) in [5, 5.41) is 18.7. The summed E-state index contributed by atoms with van der Waals surface area (Å²) in [5.41, 5.74) is 2.82. The highest BCUT2D eigenvalue weighted by Crippen LogP contribution is 2.47. The number of ether oxygens (including phenoxy) is 3. The fourth-order valence-electron chi connectivity index (χ4n) is 3.08. The quantitative estimate of drug-likeness (QED) is 0.364. The molecular formula is C19H24N4O5. The summed E-state index contributed by atoms with van der Waals surface area (Å²) in [6, 6.07) is 13.4. The van der Waals surface area contributed by atoms with Crippen molar-refractivity contribution in [2.24, 2.45) is 0 Å². The summed E-state index contributed by atoms with van der Waals surface area (Å²) < 4.78 is 15.9. The molecule has 0 aliphatic carbocycles. The predicted molar refractivity (Wildman–Crippen MR) is 106 cm³/mol. The maximum Gasteiger partial charge on any atom is 0.288 e. The molecule has 1 aliphatic heterocycles. The third-order valence-corrected chi connectivity index (χ3v) is 4.32. The number of nitro groups is 1. The molecular weight excluding hydrogens is 364 g/mol. The van der Waals surface area contributed by atoms with Crippen molar-refractivity contribution in [3.05, 3.63) is 52.6 Å². The Morgan fingerprint density at radius 3 is 2.50 bits per heavy atom. The largest absolute Gasteiger partial charge is 0.449 e. The molecule has 9 nitrogen and oxygen atoms in total. The first-order valence-corrected chi connectivity index (χ1v) is 8.95. The number of hydrogen-bond acceptors (Lipinski definition) is 7. The van der Waals surface area contributed by atoms with E-state index in [0.717, 1.165) is 16.1 Å². The molecule has 1 unspecified atom stereocenters. The molecule has 2 aromatic carbocycles. The van der Waals surface area contributed by atoms with Gasteiger partial charge in [-0.3, -0.25) is 5.32 Å². The van der Waals surface area contributed by atoms with Crippen molar-refractivity contribution in [2.45, 2.75) is 6.35 Å². The van der Waals surface area contributed by atoms with Gasteiger partial charge >= 0.3 is 0 Å². The van der Waals surface area contributed by atoms with Crippen molar-refractivity contribution in [2.75, 3.05) is 50.8 Å². The normalized spacial score (nSPS) is 15.2. The maximum absolute atomic E-state index is 11.9. The van der Waals surface area contributed by atoms with E-state index in [1.807, 2.05) is 36.4 Å². The molecule has 1 aliphatic rings. The highest BCUT2D eigenvalue weighted by atomic mass is 16.7. The lowest BCUT2D eigenvalue weighted by molar-refractivity contribution is -0.505. The van der Waals surface area contributed by atoms with E-state index < -0.39 is 11.4 Å². The van der Waals surface area contributed by atoms with E-state index in [-0.39, 0.29) is 0 Å². The Hall–Kier alpha value is -2.88. The average Bonchev–Trinajstić information content (AvgIpc) is 3.08. The zero-order chi connectivity index (χ0) is 19.9. The molecule has 3 rings (SSSR count). The maximum atomic E-state index is 11.9. The number of fused-ring (bicyclic) bond motifs is 1. The Morgan fingerprint density at radius 1 is 1.11 bits per heavy atom. The van der Waals surface area contributed by atoms with Gasteiger partial charge in [0.2, 0.25) is 0 Å². The van der Waals surface area contributed by atoms with E-state index in [9.17, 15) is 10.1 Å². The van der Waals surface area contributed by atoms with Gasteiger partial charge in [-0.2, -0.15) is 0 Å². The molecule has 150 valence electrons. The van der Waals surface area contributed by atoms with Gasteiger partial charge in [0.25, 0.3) is 6.35 Å². The Kier molecular flexibility index (Phi) is 6.64. The minimum Gasteiger partial charge on any atom is -0.449 e. The van der Waals surface area contributed by atoms with Crippen molar-refractivity contribution in [1.82, 2.24) is 5.32 Å². The molecule has 28 heavy (non-hydrogen) atoms. The number of methoxy groups -OCH3 is 2. The molecule has 0 amide bonds. The lowest BCUT2D eigenvalue weighted by Gasteiger charge is -2.19. The van der Waals surface area contributed by atoms with E-state index in [0.29, 0.717) is 43.4 Å². The van der Waals surface area contributed by atoms with Crippen LogP contribution in [0.1, 0.15) is 0 Å². The zero-order valence-electron chi connectivity index (χ0n) is 15.9. The SMILES string of the molecule is COCCNc1c(-c2ccccc2)ccc2c1N([N+](=O)[O-])C(NCCOC)O2. The Morgan fingerprint density at radius 2 is 1.82 bits per heavy atom. The van der Waals surface area contributed by atoms with Crippen LogP contribution in [0.5, 0.6) is 5.75 Å². The molecule has 9 heteroatoms. The molecule has 2 N–H and O–H groups in total. The van der Waals surface area contributed by atoms with E-state index in [1.165, 1.54) is 0 Å². The summed E-state index contributed by atoms with van der Waals surface area (Å²) in [6.45, 7) is 1.79. The first-order chi connectivity index (χ1) is 13.7. The van der Waals surface area contributed by atoms with Gasteiger partial charge in [0.15, 0.2) is 16.5 Å². The van der Waals surface area contributed by atoms with Gasteiger partial charge in [-0.1, -0.05) is 30.3 Å². The molecule has 0 fully saturated rings. The third kappa shape index (κ3) is 4.16. The molecule has 0 spiro atoms. The fourth-order valence-corrected chi connectivity index (χ4v) is 3.08. The number of rotatable bonds is 10. The molecule has 0 saturated carbocycles. The van der Waals surface area contributed by atoms with Crippen LogP contribution >= 0.6 is 0 Å². The van der Waals surface area contributed by atoms with E-state index in [2.05, 4.69) is 10.6 Å². The molecule has 1 heterocycles. The van der Waals surface area contributed by atoms with Gasteiger partial charge in [0.05, 0.1) is 18.9 Å². The van der Waals surface area contributed by atoms with Crippen LogP contribution in [-0.2, 0) is 9.47 Å². The van der Waals surface area contributed by atoms with Gasteiger partial charge in [-0.05, 0) is 22.7 Å². The summed E-state index contributed by atoms with van der Waals surface area (Å²) in [5.74, 6) is 0.436. The number of hydrazine groups is 1. The first-order valence-electron chi connectivity index (χ1n) is 8.95. The van der Waals surface area contributed by atoms with E-state index in [1.54, 1.807) is 20.3 Å². The highest BCUT2D eigenvalue weighted by molar-refractivity contribution is 5.91. The van der Waals surface area contributed by atoms with Gasteiger partial charge in [-0.25, -0.2) is 10.1 Å². The van der Waals surface area contributed by atoms with Crippen LogP contribution in [-0.4, -0.2) is 51.9 Å². The summed E-state index contributed by atoms with van der Waals surface area (Å²) in [4.78, 5) is 11.9. The second-order valence-corrected chi connectivity index (χ2v) is 6.12. The Labute approximate surface area is 163 Å². The monoisotopic (exact) mass is 388 g/mol. The van der Waals surface area contributed by atoms with Gasteiger partial charge in [0.1, 0.15) is 0 Å². The van der Waals surface area contributed by atoms with Crippen molar-refractivity contribution < 1.29 is 19.2 Å². The zero-order valence-corrected chi connectivity index (χ0v) is 15.9. The average molecular weight is 388 g/mol. The number of nitrogens with zero attached hydrogens (tertiary/aromatic N) is 2. The number of anilines is 2. The lowest BCUT2D eigenvalue weighted by atomic mass is 10.0. The predicted octanol–water partition coefficient (Wildman–Crippen LogP) is 2.32. The first kappa shape index (κ1) is 19.9. The summed E-state index contributed by atoms with van der Waals surface area (Å²) in [6.07, 6.45) is -0.922. The van der Waals surface area contributed by atoms with Crippen LogP contribution in [0.2, 0.25) is 0 Å². The third-order valence-electron chi connectivity index (χ3n) is 4.32. The van der Waals surface area contributed by atoms with Crippen LogP contribution in [0.3, 0.4) is 0 Å². The Bertz CT molecular complexity index is 802. The molecule has 0 saturated heterocycles. The molecule has 0 radical (unpaired) electrons.